The highest BCUT2D eigenvalue weighted by Crippen LogP contribution is 2.39. The second kappa shape index (κ2) is 7.91. The molecule has 0 radical (unpaired) electrons. The second-order valence-electron chi connectivity index (χ2n) is 7.24. The highest BCUT2D eigenvalue weighted by molar-refractivity contribution is 7.09. The van der Waals surface area contributed by atoms with Gasteiger partial charge in [-0.3, -0.25) is 4.79 Å². The summed E-state index contributed by atoms with van der Waals surface area (Å²) in [5.41, 5.74) is 3.57. The number of rotatable bonds is 5. The van der Waals surface area contributed by atoms with Gasteiger partial charge in [0.05, 0.1) is 31.0 Å². The molecule has 3 heterocycles. The van der Waals surface area contributed by atoms with Gasteiger partial charge in [0.2, 0.25) is 0 Å². The first-order chi connectivity index (χ1) is 14.0. The van der Waals surface area contributed by atoms with E-state index in [0.29, 0.717) is 5.69 Å². The molecule has 1 aliphatic rings. The Kier molecular flexibility index (Phi) is 5.32. The fraction of sp³-hybridized carbons (Fsp3) is 0.364. The molecule has 1 fully saturated rings. The Morgan fingerprint density at radius 1 is 1.24 bits per heavy atom. The monoisotopic (exact) mass is 411 g/mol. The van der Waals surface area contributed by atoms with E-state index in [4.69, 9.17) is 9.47 Å². The van der Waals surface area contributed by atoms with Gasteiger partial charge < -0.3 is 18.9 Å². The maximum atomic E-state index is 13.4. The Morgan fingerprint density at radius 3 is 2.76 bits per heavy atom. The number of hydrogen-bond donors (Lipinski definition) is 0. The zero-order valence-electron chi connectivity index (χ0n) is 17.1. The lowest BCUT2D eigenvalue weighted by Crippen LogP contribution is -2.32. The van der Waals surface area contributed by atoms with Gasteiger partial charge >= 0.3 is 0 Å². The minimum absolute atomic E-state index is 0.0109. The lowest BCUT2D eigenvalue weighted by molar-refractivity contribution is 0.0724. The van der Waals surface area contributed by atoms with E-state index in [2.05, 4.69) is 4.98 Å². The molecule has 1 atom stereocenters. The molecule has 1 saturated heterocycles. The van der Waals surface area contributed by atoms with Crippen molar-refractivity contribution in [1.82, 2.24) is 14.5 Å². The Balaban J connectivity index is 1.64. The summed E-state index contributed by atoms with van der Waals surface area (Å²) in [4.78, 5) is 19.9. The average molecular weight is 412 g/mol. The van der Waals surface area contributed by atoms with Crippen molar-refractivity contribution in [3.05, 3.63) is 52.1 Å². The number of aryl methyl sites for hydroxylation is 2. The first-order valence-corrected chi connectivity index (χ1v) is 10.5. The van der Waals surface area contributed by atoms with E-state index in [1.165, 1.54) is 0 Å². The second-order valence-corrected chi connectivity index (χ2v) is 8.30. The molecular formula is C22H25N3O3S. The van der Waals surface area contributed by atoms with Gasteiger partial charge in [0, 0.05) is 42.4 Å². The first-order valence-electron chi connectivity index (χ1n) is 9.63. The molecule has 1 aliphatic heterocycles. The molecule has 3 aromatic rings. The molecular weight excluding hydrogens is 386 g/mol. The van der Waals surface area contributed by atoms with Gasteiger partial charge in [-0.1, -0.05) is 0 Å². The van der Waals surface area contributed by atoms with E-state index in [0.717, 1.165) is 52.7 Å². The SMILES string of the molecule is COc1ccc([C@@H]2CCCN2C(=O)c2cc(-c3csc(C)n3)cn2C)c(OC)c1. The number of ether oxygens (including phenoxy) is 2. The van der Waals surface area contributed by atoms with E-state index in [9.17, 15) is 4.79 Å². The quantitative estimate of drug-likeness (QED) is 0.622. The van der Waals surface area contributed by atoms with Gasteiger partial charge in [-0.25, -0.2) is 4.98 Å². The Morgan fingerprint density at radius 2 is 2.07 bits per heavy atom. The molecule has 1 amide bonds. The number of likely N-dealkylation sites (tertiary alicyclic amines) is 1. The van der Waals surface area contributed by atoms with Crippen LogP contribution < -0.4 is 9.47 Å². The molecule has 0 aliphatic carbocycles. The third-order valence-corrected chi connectivity index (χ3v) is 6.23. The zero-order chi connectivity index (χ0) is 20.5. The van der Waals surface area contributed by atoms with Crippen LogP contribution in [0.3, 0.4) is 0 Å². The molecule has 2 aromatic heterocycles. The van der Waals surface area contributed by atoms with Crippen LogP contribution >= 0.6 is 11.3 Å². The summed E-state index contributed by atoms with van der Waals surface area (Å²) in [7, 11) is 5.20. The van der Waals surface area contributed by atoms with Crippen LogP contribution in [0.25, 0.3) is 11.3 Å². The summed E-state index contributed by atoms with van der Waals surface area (Å²) in [5, 5.41) is 3.04. The Hall–Kier alpha value is -2.80. The lowest BCUT2D eigenvalue weighted by atomic mass is 10.0. The van der Waals surface area contributed by atoms with Gasteiger partial charge in [-0.15, -0.1) is 11.3 Å². The van der Waals surface area contributed by atoms with Crippen molar-refractivity contribution in [2.45, 2.75) is 25.8 Å². The smallest absolute Gasteiger partial charge is 0.271 e. The fourth-order valence-electron chi connectivity index (χ4n) is 3.99. The highest BCUT2D eigenvalue weighted by Gasteiger charge is 2.33. The highest BCUT2D eigenvalue weighted by atomic mass is 32.1. The van der Waals surface area contributed by atoms with Crippen molar-refractivity contribution in [2.24, 2.45) is 7.05 Å². The van der Waals surface area contributed by atoms with Crippen LogP contribution in [0.5, 0.6) is 11.5 Å². The normalized spacial score (nSPS) is 16.3. The minimum Gasteiger partial charge on any atom is -0.497 e. The van der Waals surface area contributed by atoms with Gasteiger partial charge in [-0.05, 0) is 38.0 Å². The molecule has 0 bridgehead atoms. The van der Waals surface area contributed by atoms with E-state index in [1.807, 2.05) is 59.3 Å². The maximum absolute atomic E-state index is 13.4. The van der Waals surface area contributed by atoms with Gasteiger partial charge in [0.1, 0.15) is 17.2 Å². The zero-order valence-corrected chi connectivity index (χ0v) is 18.0. The van der Waals surface area contributed by atoms with Crippen LogP contribution in [0.4, 0.5) is 0 Å². The number of carbonyl (C=O) groups is 1. The summed E-state index contributed by atoms with van der Waals surface area (Å²) < 4.78 is 12.8. The van der Waals surface area contributed by atoms with Crippen LogP contribution in [-0.4, -0.2) is 41.1 Å². The first kappa shape index (κ1) is 19.5. The topological polar surface area (TPSA) is 56.6 Å². The van der Waals surface area contributed by atoms with E-state index in [-0.39, 0.29) is 11.9 Å². The number of benzene rings is 1. The Labute approximate surface area is 174 Å². The number of thiazole rings is 1. The fourth-order valence-corrected chi connectivity index (χ4v) is 4.61. The van der Waals surface area contributed by atoms with Crippen molar-refractivity contribution >= 4 is 17.2 Å². The minimum atomic E-state index is -0.0109. The molecule has 0 N–H and O–H groups in total. The summed E-state index contributed by atoms with van der Waals surface area (Å²) in [6.07, 6.45) is 3.85. The number of methoxy groups -OCH3 is 2. The number of aromatic nitrogens is 2. The number of hydrogen-bond acceptors (Lipinski definition) is 5. The van der Waals surface area contributed by atoms with Gasteiger partial charge in [0.15, 0.2) is 0 Å². The van der Waals surface area contributed by atoms with E-state index >= 15 is 0 Å². The van der Waals surface area contributed by atoms with Crippen molar-refractivity contribution < 1.29 is 14.3 Å². The third kappa shape index (κ3) is 3.62. The van der Waals surface area contributed by atoms with Crippen LogP contribution in [0.1, 0.15) is 39.9 Å². The third-order valence-electron chi connectivity index (χ3n) is 5.45. The number of nitrogens with zero attached hydrogens (tertiary/aromatic N) is 3. The molecule has 0 spiro atoms. The van der Waals surface area contributed by atoms with Crippen molar-refractivity contribution in [3.8, 4) is 22.8 Å². The lowest BCUT2D eigenvalue weighted by Gasteiger charge is -2.26. The molecule has 152 valence electrons. The van der Waals surface area contributed by atoms with Gasteiger partial charge in [0.25, 0.3) is 5.91 Å². The largest absolute Gasteiger partial charge is 0.497 e. The predicted molar refractivity (Wildman–Crippen MR) is 114 cm³/mol. The number of carbonyl (C=O) groups excluding carboxylic acids is 1. The maximum Gasteiger partial charge on any atom is 0.271 e. The molecule has 7 heteroatoms. The van der Waals surface area contributed by atoms with Crippen LogP contribution in [0.15, 0.2) is 35.8 Å². The van der Waals surface area contributed by atoms with Crippen LogP contribution in [0.2, 0.25) is 0 Å². The van der Waals surface area contributed by atoms with Crippen LogP contribution in [0, 0.1) is 6.92 Å². The summed E-state index contributed by atoms with van der Waals surface area (Å²) >= 11 is 1.61. The van der Waals surface area contributed by atoms with Crippen molar-refractivity contribution in [2.75, 3.05) is 20.8 Å². The van der Waals surface area contributed by atoms with Crippen molar-refractivity contribution in [3.63, 3.8) is 0 Å². The number of amides is 1. The van der Waals surface area contributed by atoms with Gasteiger partial charge in [-0.2, -0.15) is 0 Å². The molecule has 29 heavy (non-hydrogen) atoms. The average Bonchev–Trinajstić information content (AvgIpc) is 3.46. The van der Waals surface area contributed by atoms with E-state index < -0.39 is 0 Å². The summed E-state index contributed by atoms with van der Waals surface area (Å²) in [5.74, 6) is 1.53. The Bertz CT molecular complexity index is 1040. The predicted octanol–water partition coefficient (Wildman–Crippen LogP) is 4.45. The molecule has 0 unspecified atom stereocenters. The van der Waals surface area contributed by atoms with E-state index in [1.54, 1.807) is 25.6 Å². The molecule has 1 aromatic carbocycles. The molecule has 6 nitrogen and oxygen atoms in total. The summed E-state index contributed by atoms with van der Waals surface area (Å²) in [6.45, 7) is 2.72. The van der Waals surface area contributed by atoms with Crippen LogP contribution in [-0.2, 0) is 7.05 Å². The molecule has 4 rings (SSSR count). The standard InChI is InChI=1S/C22H25N3O3S/c1-14-23-18(13-29-14)15-10-20(24(2)12-15)22(26)25-9-5-6-19(25)17-8-7-16(27-3)11-21(17)28-4/h7-8,10-13,19H,5-6,9H2,1-4H3/t19-/m0/s1. The summed E-state index contributed by atoms with van der Waals surface area (Å²) in [6, 6.07) is 7.73. The van der Waals surface area contributed by atoms with Crippen molar-refractivity contribution in [1.29, 1.82) is 0 Å². The molecule has 0 saturated carbocycles.